The minimum absolute atomic E-state index is 0.126. The smallest absolute Gasteiger partial charge is 0.129 e. The zero-order chi connectivity index (χ0) is 11.3. The van der Waals surface area contributed by atoms with E-state index in [0.717, 1.165) is 0 Å². The molecule has 15 heavy (non-hydrogen) atoms. The van der Waals surface area contributed by atoms with Crippen LogP contribution in [-0.4, -0.2) is 10.9 Å². The van der Waals surface area contributed by atoms with Crippen LogP contribution in [0, 0.1) is 5.82 Å². The van der Waals surface area contributed by atoms with Crippen LogP contribution in [0.25, 0.3) is 0 Å². The third-order valence-corrected chi connectivity index (χ3v) is 2.26. The molecule has 82 valence electrons. The monoisotopic (exact) mass is 210 g/mol. The molecule has 0 saturated heterocycles. The van der Waals surface area contributed by atoms with Gasteiger partial charge in [0.25, 0.3) is 0 Å². The van der Waals surface area contributed by atoms with Gasteiger partial charge in [0.15, 0.2) is 0 Å². The molecule has 3 heteroatoms. The molecular formula is C12H15FO2. The van der Waals surface area contributed by atoms with Gasteiger partial charge < -0.3 is 9.90 Å². The van der Waals surface area contributed by atoms with Gasteiger partial charge in [-0.05, 0) is 37.5 Å². The van der Waals surface area contributed by atoms with Gasteiger partial charge in [0.05, 0.1) is 6.10 Å². The van der Waals surface area contributed by atoms with Gasteiger partial charge in [0, 0.05) is 6.42 Å². The van der Waals surface area contributed by atoms with E-state index in [9.17, 15) is 14.3 Å². The van der Waals surface area contributed by atoms with Crippen molar-refractivity contribution in [3.63, 3.8) is 0 Å². The Morgan fingerprint density at radius 3 is 2.53 bits per heavy atom. The van der Waals surface area contributed by atoms with E-state index in [2.05, 4.69) is 0 Å². The van der Waals surface area contributed by atoms with E-state index < -0.39 is 6.10 Å². The lowest BCUT2D eigenvalue weighted by atomic mass is 10.0. The summed E-state index contributed by atoms with van der Waals surface area (Å²) >= 11 is 0. The van der Waals surface area contributed by atoms with Crippen LogP contribution in [-0.2, 0) is 4.79 Å². The second-order valence-electron chi connectivity index (χ2n) is 3.66. The molecule has 1 N–H and O–H groups in total. The molecule has 1 rings (SSSR count). The molecule has 1 aromatic carbocycles. The number of hydrogen-bond acceptors (Lipinski definition) is 2. The van der Waals surface area contributed by atoms with Crippen molar-refractivity contribution in [1.82, 2.24) is 0 Å². The van der Waals surface area contributed by atoms with Crippen LogP contribution in [0.2, 0.25) is 0 Å². The maximum absolute atomic E-state index is 12.6. The van der Waals surface area contributed by atoms with Crippen molar-refractivity contribution in [3.05, 3.63) is 35.6 Å². The van der Waals surface area contributed by atoms with Crippen LogP contribution in [0.3, 0.4) is 0 Å². The standard InChI is InChI=1S/C12H15FO2/c1-9(14)3-2-4-12(15)10-5-7-11(13)8-6-10/h5-8,12,15H,2-4H2,1H3/t12-/m0/s1. The van der Waals surface area contributed by atoms with Crippen molar-refractivity contribution in [2.24, 2.45) is 0 Å². The predicted molar refractivity (Wildman–Crippen MR) is 55.9 cm³/mol. The largest absolute Gasteiger partial charge is 0.388 e. The van der Waals surface area contributed by atoms with Crippen molar-refractivity contribution >= 4 is 5.78 Å². The van der Waals surface area contributed by atoms with Gasteiger partial charge in [-0.25, -0.2) is 4.39 Å². The first-order valence-corrected chi connectivity index (χ1v) is 5.02. The van der Waals surface area contributed by atoms with E-state index in [0.29, 0.717) is 24.8 Å². The number of aliphatic hydroxyl groups is 1. The van der Waals surface area contributed by atoms with Crippen molar-refractivity contribution in [3.8, 4) is 0 Å². The Morgan fingerprint density at radius 1 is 1.40 bits per heavy atom. The number of carbonyl (C=O) groups is 1. The van der Waals surface area contributed by atoms with E-state index in [-0.39, 0.29) is 11.6 Å². The zero-order valence-corrected chi connectivity index (χ0v) is 8.74. The summed E-state index contributed by atoms with van der Waals surface area (Å²) < 4.78 is 12.6. The van der Waals surface area contributed by atoms with Crippen molar-refractivity contribution < 1.29 is 14.3 Å². The Hall–Kier alpha value is -1.22. The highest BCUT2D eigenvalue weighted by molar-refractivity contribution is 5.75. The minimum atomic E-state index is -0.607. The summed E-state index contributed by atoms with van der Waals surface area (Å²) in [5.41, 5.74) is 0.694. The fourth-order valence-corrected chi connectivity index (χ4v) is 1.40. The molecule has 0 aliphatic rings. The lowest BCUT2D eigenvalue weighted by Gasteiger charge is -2.09. The number of carbonyl (C=O) groups excluding carboxylic acids is 1. The Balaban J connectivity index is 2.43. The summed E-state index contributed by atoms with van der Waals surface area (Å²) in [7, 11) is 0. The molecule has 0 saturated carbocycles. The highest BCUT2D eigenvalue weighted by Gasteiger charge is 2.07. The van der Waals surface area contributed by atoms with Crippen LogP contribution >= 0.6 is 0 Å². The van der Waals surface area contributed by atoms with Gasteiger partial charge in [0.2, 0.25) is 0 Å². The van der Waals surface area contributed by atoms with Crippen LogP contribution in [0.4, 0.5) is 4.39 Å². The number of Topliss-reactive ketones (excluding diaryl/α,β-unsaturated/α-hetero) is 1. The molecule has 1 atom stereocenters. The molecule has 0 amide bonds. The second-order valence-corrected chi connectivity index (χ2v) is 3.66. The first kappa shape index (κ1) is 11.9. The number of ketones is 1. The molecule has 0 bridgehead atoms. The summed E-state index contributed by atoms with van der Waals surface area (Å²) in [5, 5.41) is 9.69. The van der Waals surface area contributed by atoms with Crippen molar-refractivity contribution in [2.75, 3.05) is 0 Å². The van der Waals surface area contributed by atoms with E-state index in [1.165, 1.54) is 19.1 Å². The van der Waals surface area contributed by atoms with Crippen LogP contribution in [0.15, 0.2) is 24.3 Å². The third kappa shape index (κ3) is 4.21. The zero-order valence-electron chi connectivity index (χ0n) is 8.74. The highest BCUT2D eigenvalue weighted by Crippen LogP contribution is 2.19. The number of rotatable bonds is 5. The number of benzene rings is 1. The van der Waals surface area contributed by atoms with Gasteiger partial charge >= 0.3 is 0 Å². The van der Waals surface area contributed by atoms with E-state index in [1.807, 2.05) is 0 Å². The Kier molecular flexibility index (Phi) is 4.43. The molecule has 2 nitrogen and oxygen atoms in total. The summed E-state index contributed by atoms with van der Waals surface area (Å²) in [4.78, 5) is 10.7. The maximum atomic E-state index is 12.6. The molecule has 0 aromatic heterocycles. The van der Waals surface area contributed by atoms with Gasteiger partial charge in [0.1, 0.15) is 11.6 Å². The lowest BCUT2D eigenvalue weighted by Crippen LogP contribution is -1.99. The lowest BCUT2D eigenvalue weighted by molar-refractivity contribution is -0.117. The van der Waals surface area contributed by atoms with Crippen LogP contribution < -0.4 is 0 Å². The van der Waals surface area contributed by atoms with Gasteiger partial charge in [-0.15, -0.1) is 0 Å². The fourth-order valence-electron chi connectivity index (χ4n) is 1.40. The summed E-state index contributed by atoms with van der Waals surface area (Å²) in [6.45, 7) is 1.53. The molecule has 0 aliphatic carbocycles. The molecule has 0 spiro atoms. The molecule has 0 fully saturated rings. The first-order valence-electron chi connectivity index (χ1n) is 5.02. The quantitative estimate of drug-likeness (QED) is 0.811. The average Bonchev–Trinajstić information content (AvgIpc) is 2.18. The maximum Gasteiger partial charge on any atom is 0.129 e. The molecule has 0 heterocycles. The second kappa shape index (κ2) is 5.61. The molecular weight excluding hydrogens is 195 g/mol. The number of aliphatic hydroxyl groups excluding tert-OH is 1. The van der Waals surface area contributed by atoms with E-state index in [4.69, 9.17) is 0 Å². The fraction of sp³-hybridized carbons (Fsp3) is 0.417. The average molecular weight is 210 g/mol. The van der Waals surface area contributed by atoms with E-state index in [1.54, 1.807) is 12.1 Å². The summed E-state index contributed by atoms with van der Waals surface area (Å²) in [6.07, 6.45) is 1.07. The molecule has 1 aromatic rings. The van der Waals surface area contributed by atoms with Crippen molar-refractivity contribution in [2.45, 2.75) is 32.3 Å². The minimum Gasteiger partial charge on any atom is -0.388 e. The number of halogens is 1. The third-order valence-electron chi connectivity index (χ3n) is 2.26. The van der Waals surface area contributed by atoms with Crippen LogP contribution in [0.1, 0.15) is 37.9 Å². The van der Waals surface area contributed by atoms with Gasteiger partial charge in [-0.3, -0.25) is 0 Å². The Morgan fingerprint density at radius 2 is 2.00 bits per heavy atom. The normalized spacial score (nSPS) is 12.5. The van der Waals surface area contributed by atoms with Gasteiger partial charge in [-0.1, -0.05) is 12.1 Å². The molecule has 0 radical (unpaired) electrons. The van der Waals surface area contributed by atoms with Crippen molar-refractivity contribution in [1.29, 1.82) is 0 Å². The SMILES string of the molecule is CC(=O)CCC[C@H](O)c1ccc(F)cc1. The first-order chi connectivity index (χ1) is 7.09. The predicted octanol–water partition coefficient (Wildman–Crippen LogP) is 2.62. The Bertz CT molecular complexity index is 319. The topological polar surface area (TPSA) is 37.3 Å². The highest BCUT2D eigenvalue weighted by atomic mass is 19.1. The molecule has 0 aliphatic heterocycles. The van der Waals surface area contributed by atoms with E-state index >= 15 is 0 Å². The van der Waals surface area contributed by atoms with Gasteiger partial charge in [-0.2, -0.15) is 0 Å². The molecule has 0 unspecified atom stereocenters. The summed E-state index contributed by atoms with van der Waals surface area (Å²) in [5.74, 6) is -0.184. The summed E-state index contributed by atoms with van der Waals surface area (Å²) in [6, 6.07) is 5.77. The Labute approximate surface area is 88.7 Å². The number of hydrogen-bond donors (Lipinski definition) is 1. The van der Waals surface area contributed by atoms with Crippen LogP contribution in [0.5, 0.6) is 0 Å².